The Bertz CT molecular complexity index is 2470. The molecule has 12 heteroatoms. The minimum Gasteiger partial charge on any atom is -0.462 e. The number of ether oxygens (including phenoxy) is 1. The Labute approximate surface area is 351 Å². The third-order valence-corrected chi connectivity index (χ3v) is 11.6. The number of rotatable bonds is 15. The maximum atomic E-state index is 13.9. The first-order valence-electron chi connectivity index (χ1n) is 18.9. The Kier molecular flexibility index (Phi) is 14.3. The van der Waals surface area contributed by atoms with Gasteiger partial charge in [-0.25, -0.2) is 4.79 Å². The van der Waals surface area contributed by atoms with Gasteiger partial charge in [0, 0.05) is 21.8 Å². The molecule has 1 unspecified atom stereocenters. The molecule has 6 rings (SSSR count). The van der Waals surface area contributed by atoms with Crippen LogP contribution in [0.3, 0.4) is 0 Å². The minimum atomic E-state index is -0.642. The van der Waals surface area contributed by atoms with Crippen LogP contribution in [0.15, 0.2) is 150 Å². The third kappa shape index (κ3) is 11.0. The van der Waals surface area contributed by atoms with Crippen LogP contribution >= 0.6 is 23.1 Å². The van der Waals surface area contributed by atoms with Gasteiger partial charge in [0.05, 0.1) is 22.3 Å². The zero-order valence-electron chi connectivity index (χ0n) is 32.6. The quantitative estimate of drug-likeness (QED) is 0.0459. The topological polar surface area (TPSA) is 143 Å². The highest BCUT2D eigenvalue weighted by molar-refractivity contribution is 8.00. The predicted octanol–water partition coefficient (Wildman–Crippen LogP) is 10.1. The number of anilines is 3. The highest BCUT2D eigenvalue weighted by atomic mass is 32.2. The lowest BCUT2D eigenvalue weighted by atomic mass is 10.0. The van der Waals surface area contributed by atoms with Crippen LogP contribution in [0, 0.1) is 6.92 Å². The average molecular weight is 823 g/mol. The zero-order valence-corrected chi connectivity index (χ0v) is 34.2. The molecule has 6 aromatic rings. The number of nitrogens with one attached hydrogen (secondary N) is 4. The maximum Gasteiger partial charge on any atom is 0.341 e. The number of hydrogen-bond donors (Lipinski definition) is 4. The number of amides is 4. The molecule has 10 nitrogen and oxygen atoms in total. The average Bonchev–Trinajstić information content (AvgIpc) is 3.58. The second-order valence-electron chi connectivity index (χ2n) is 13.2. The second kappa shape index (κ2) is 20.1. The van der Waals surface area contributed by atoms with Gasteiger partial charge in [0.25, 0.3) is 17.7 Å². The molecule has 1 aromatic heterocycles. The van der Waals surface area contributed by atoms with E-state index in [0.29, 0.717) is 39.4 Å². The van der Waals surface area contributed by atoms with Crippen molar-refractivity contribution in [1.82, 2.24) is 5.32 Å². The molecule has 1 heterocycles. The zero-order chi connectivity index (χ0) is 41.7. The summed E-state index contributed by atoms with van der Waals surface area (Å²) in [5, 5.41) is 11.0. The summed E-state index contributed by atoms with van der Waals surface area (Å²) in [6.45, 7) is 5.32. The van der Waals surface area contributed by atoms with E-state index in [1.54, 1.807) is 92.7 Å². The first kappa shape index (κ1) is 41.9. The summed E-state index contributed by atoms with van der Waals surface area (Å²) in [5.74, 6) is -2.41. The summed E-state index contributed by atoms with van der Waals surface area (Å²) in [7, 11) is 0. The summed E-state index contributed by atoms with van der Waals surface area (Å²) in [6.07, 6.45) is 2.05. The lowest BCUT2D eigenvalue weighted by Gasteiger charge is -2.16. The Morgan fingerprint density at radius 3 is 1.98 bits per heavy atom. The van der Waals surface area contributed by atoms with Crippen molar-refractivity contribution in [2.24, 2.45) is 0 Å². The van der Waals surface area contributed by atoms with Crippen LogP contribution in [0.2, 0.25) is 0 Å². The van der Waals surface area contributed by atoms with Crippen LogP contribution in [-0.2, 0) is 14.3 Å². The van der Waals surface area contributed by atoms with E-state index < -0.39 is 28.9 Å². The smallest absolute Gasteiger partial charge is 0.341 e. The number of para-hydroxylation sites is 1. The first-order chi connectivity index (χ1) is 28.6. The van der Waals surface area contributed by atoms with Crippen molar-refractivity contribution < 1.29 is 28.7 Å². The normalized spacial score (nSPS) is 11.5. The van der Waals surface area contributed by atoms with E-state index in [1.807, 2.05) is 73.7 Å². The largest absolute Gasteiger partial charge is 0.462 e. The van der Waals surface area contributed by atoms with Gasteiger partial charge in [-0.15, -0.1) is 23.1 Å². The van der Waals surface area contributed by atoms with Crippen molar-refractivity contribution in [2.45, 2.75) is 37.3 Å². The number of hydrogen-bond acceptors (Lipinski definition) is 8. The van der Waals surface area contributed by atoms with Crippen LogP contribution in [0.1, 0.15) is 61.8 Å². The van der Waals surface area contributed by atoms with E-state index >= 15 is 0 Å². The van der Waals surface area contributed by atoms with E-state index in [-0.39, 0.29) is 33.7 Å². The molecule has 59 heavy (non-hydrogen) atoms. The summed E-state index contributed by atoms with van der Waals surface area (Å²) in [5.41, 5.74) is 4.77. The molecule has 0 fully saturated rings. The van der Waals surface area contributed by atoms with Gasteiger partial charge in [-0.2, -0.15) is 0 Å². The first-order valence-corrected chi connectivity index (χ1v) is 20.6. The molecule has 0 spiro atoms. The summed E-state index contributed by atoms with van der Waals surface area (Å²) in [6, 6.07) is 42.2. The van der Waals surface area contributed by atoms with Crippen molar-refractivity contribution in [3.8, 4) is 11.1 Å². The molecule has 298 valence electrons. The molecule has 1 atom stereocenters. The van der Waals surface area contributed by atoms with Gasteiger partial charge in [0.2, 0.25) is 5.91 Å². The maximum absolute atomic E-state index is 13.9. The van der Waals surface area contributed by atoms with Gasteiger partial charge in [-0.3, -0.25) is 19.2 Å². The summed E-state index contributed by atoms with van der Waals surface area (Å²) in [4.78, 5) is 68.3. The molecule has 4 N–H and O–H groups in total. The van der Waals surface area contributed by atoms with Crippen LogP contribution < -0.4 is 21.3 Å². The van der Waals surface area contributed by atoms with Crippen LogP contribution in [0.4, 0.5) is 16.4 Å². The molecular weight excluding hydrogens is 781 g/mol. The number of thioether (sulfide) groups is 1. The molecule has 0 radical (unpaired) electrons. The number of esters is 1. The monoisotopic (exact) mass is 822 g/mol. The van der Waals surface area contributed by atoms with Gasteiger partial charge in [-0.1, -0.05) is 104 Å². The van der Waals surface area contributed by atoms with Crippen molar-refractivity contribution >= 4 is 75.1 Å². The van der Waals surface area contributed by atoms with E-state index in [1.165, 1.54) is 11.8 Å². The van der Waals surface area contributed by atoms with E-state index in [4.69, 9.17) is 4.74 Å². The summed E-state index contributed by atoms with van der Waals surface area (Å²) >= 11 is 2.29. The van der Waals surface area contributed by atoms with Gasteiger partial charge in [0.15, 0.2) is 0 Å². The van der Waals surface area contributed by atoms with Crippen LogP contribution in [-0.4, -0.2) is 41.5 Å². The fourth-order valence-corrected chi connectivity index (χ4v) is 8.12. The minimum absolute atomic E-state index is 0.0376. The molecule has 0 saturated carbocycles. The lowest BCUT2D eigenvalue weighted by molar-refractivity contribution is -0.116. The number of carbonyl (C=O) groups excluding carboxylic acids is 5. The van der Waals surface area contributed by atoms with Crippen molar-refractivity contribution in [1.29, 1.82) is 0 Å². The van der Waals surface area contributed by atoms with Gasteiger partial charge >= 0.3 is 5.97 Å². The van der Waals surface area contributed by atoms with E-state index in [0.717, 1.165) is 22.5 Å². The Morgan fingerprint density at radius 2 is 1.32 bits per heavy atom. The Hall–Kier alpha value is -6.76. The summed E-state index contributed by atoms with van der Waals surface area (Å²) < 4.78 is 5.30. The van der Waals surface area contributed by atoms with Gasteiger partial charge < -0.3 is 26.0 Å². The molecule has 0 bridgehead atoms. The fraction of sp³-hybridized carbons (Fsp3) is 0.128. The van der Waals surface area contributed by atoms with E-state index in [9.17, 15) is 24.0 Å². The lowest BCUT2D eigenvalue weighted by Crippen LogP contribution is -2.30. The molecule has 0 aliphatic carbocycles. The van der Waals surface area contributed by atoms with Crippen LogP contribution in [0.5, 0.6) is 0 Å². The Morgan fingerprint density at radius 1 is 0.695 bits per heavy atom. The van der Waals surface area contributed by atoms with Crippen LogP contribution in [0.25, 0.3) is 17.2 Å². The molecule has 0 aliphatic heterocycles. The molecule has 0 aliphatic rings. The predicted molar refractivity (Wildman–Crippen MR) is 237 cm³/mol. The van der Waals surface area contributed by atoms with Crippen molar-refractivity contribution in [2.75, 3.05) is 22.6 Å². The van der Waals surface area contributed by atoms with Gasteiger partial charge in [-0.05, 0) is 91.1 Å². The molecule has 0 saturated heterocycles. The SMILES string of the molecule is CCOC(=O)c1c(NC(=O)C(CC)Sc2cccc(NC(=O)/C(=C\c3ccc(-c4ccccc4)cc3)NC(=O)c3ccccc3)c2)sc(C(=O)Nc2ccccc2)c1C. The van der Waals surface area contributed by atoms with Crippen molar-refractivity contribution in [3.63, 3.8) is 0 Å². The number of benzene rings is 5. The second-order valence-corrected chi connectivity index (χ2v) is 15.4. The van der Waals surface area contributed by atoms with Crippen molar-refractivity contribution in [3.05, 3.63) is 172 Å². The third-order valence-electron chi connectivity index (χ3n) is 8.99. The Balaban J connectivity index is 1.19. The number of carbonyl (C=O) groups is 5. The molecule has 5 aromatic carbocycles. The highest BCUT2D eigenvalue weighted by Gasteiger charge is 2.29. The molecule has 4 amide bonds. The highest BCUT2D eigenvalue weighted by Crippen LogP contribution is 2.36. The van der Waals surface area contributed by atoms with Gasteiger partial charge in [0.1, 0.15) is 10.7 Å². The standard InChI is InChI=1S/C47H42N4O6S2/c1-4-39(44(54)51-46-40(47(56)57-5-2)30(3)41(59-46)45(55)48-35-20-13-8-14-21-35)58-37-23-15-22-36(29-37)49-43(53)38(50-42(52)34-18-11-7-12-19-34)28-31-24-26-33(27-25-31)32-16-9-6-10-17-32/h6-29,39H,4-5H2,1-3H3,(H,48,55)(H,49,53)(H,50,52)(H,51,54)/b38-28+. The fourth-order valence-electron chi connectivity index (χ4n) is 6.01. The van der Waals surface area contributed by atoms with E-state index in [2.05, 4.69) is 21.3 Å². The number of thiophene rings is 1. The molecular formula is C47H42N4O6S2.